The van der Waals surface area contributed by atoms with Crippen molar-refractivity contribution in [1.29, 1.82) is 0 Å². The lowest BCUT2D eigenvalue weighted by atomic mass is 10.0. The van der Waals surface area contributed by atoms with Gasteiger partial charge >= 0.3 is 19.8 Å². The van der Waals surface area contributed by atoms with E-state index in [0.29, 0.717) is 12.8 Å². The highest BCUT2D eigenvalue weighted by molar-refractivity contribution is 7.47. The Hall–Kier alpha value is -1.81. The Balaban J connectivity index is 4.37. The summed E-state index contributed by atoms with van der Waals surface area (Å²) in [4.78, 5) is 34.9. The summed E-state index contributed by atoms with van der Waals surface area (Å²) >= 11 is 0. The van der Waals surface area contributed by atoms with Gasteiger partial charge in [0.15, 0.2) is 6.10 Å². The molecule has 298 valence electrons. The molecule has 0 saturated heterocycles. The third-order valence-corrected chi connectivity index (χ3v) is 9.26. The van der Waals surface area contributed by atoms with Crippen molar-refractivity contribution in [2.45, 2.75) is 180 Å². The van der Waals surface area contributed by atoms with Crippen LogP contribution in [0.15, 0.2) is 36.5 Å². The standard InChI is InChI=1S/C40H73O10P/c1-3-5-7-9-11-13-15-17-18-20-22-24-26-28-30-32-40(44)50-38(36-49-51(45,46)48-34-37(42)33-41)35-47-39(43)31-29-27-25-23-21-19-16-14-12-10-8-6-4-2/h5,7,11,13,17-18,37-38,41-42H,3-4,6,8-10,12,14-16,19-36H2,1-2H3,(H,45,46)/t37-,38+/m0/s1. The molecule has 10 nitrogen and oxygen atoms in total. The first-order valence-electron chi connectivity index (χ1n) is 19.9. The van der Waals surface area contributed by atoms with Crippen LogP contribution < -0.4 is 0 Å². The predicted molar refractivity (Wildman–Crippen MR) is 205 cm³/mol. The van der Waals surface area contributed by atoms with Crippen molar-refractivity contribution in [2.75, 3.05) is 26.4 Å². The zero-order valence-electron chi connectivity index (χ0n) is 32.1. The second-order valence-electron chi connectivity index (χ2n) is 13.3. The molecular weight excluding hydrogens is 671 g/mol. The van der Waals surface area contributed by atoms with Gasteiger partial charge in [-0.2, -0.15) is 0 Å². The van der Waals surface area contributed by atoms with E-state index in [2.05, 4.69) is 54.8 Å². The number of esters is 2. The lowest BCUT2D eigenvalue weighted by Gasteiger charge is -2.20. The van der Waals surface area contributed by atoms with Gasteiger partial charge in [0.1, 0.15) is 12.7 Å². The summed E-state index contributed by atoms with van der Waals surface area (Å²) in [6, 6.07) is 0. The summed E-state index contributed by atoms with van der Waals surface area (Å²) in [6.45, 7) is 2.24. The molecule has 3 atom stereocenters. The number of allylic oxidation sites excluding steroid dienone is 6. The maximum absolute atomic E-state index is 12.6. The number of unbranched alkanes of at least 4 members (excludes halogenated alkanes) is 17. The largest absolute Gasteiger partial charge is 0.472 e. The van der Waals surface area contributed by atoms with E-state index in [1.165, 1.54) is 57.8 Å². The molecule has 0 rings (SSSR count). The molecule has 0 aromatic rings. The van der Waals surface area contributed by atoms with Gasteiger partial charge in [-0.3, -0.25) is 18.6 Å². The Kier molecular flexibility index (Phi) is 35.2. The molecule has 11 heteroatoms. The third-order valence-electron chi connectivity index (χ3n) is 8.31. The molecule has 0 aromatic heterocycles. The number of ether oxygens (including phenoxy) is 2. The second-order valence-corrected chi connectivity index (χ2v) is 14.7. The van der Waals surface area contributed by atoms with Crippen LogP contribution in [0.1, 0.15) is 168 Å². The fourth-order valence-corrected chi connectivity index (χ4v) is 6.03. The van der Waals surface area contributed by atoms with Gasteiger partial charge in [0.2, 0.25) is 0 Å². The molecule has 0 aromatic carbocycles. The number of phosphoric ester groups is 1. The highest BCUT2D eigenvalue weighted by atomic mass is 31.2. The molecule has 0 heterocycles. The molecule has 0 aliphatic rings. The fraction of sp³-hybridized carbons (Fsp3) is 0.800. The van der Waals surface area contributed by atoms with Crippen LogP contribution in [0, 0.1) is 0 Å². The normalized spacial score (nSPS) is 14.4. The fourth-order valence-electron chi connectivity index (χ4n) is 5.24. The van der Waals surface area contributed by atoms with Gasteiger partial charge in [0, 0.05) is 12.8 Å². The molecule has 0 bridgehead atoms. The third kappa shape index (κ3) is 36.3. The van der Waals surface area contributed by atoms with Gasteiger partial charge in [-0.25, -0.2) is 4.57 Å². The van der Waals surface area contributed by atoms with Crippen molar-refractivity contribution < 1.29 is 47.8 Å². The van der Waals surface area contributed by atoms with Crippen LogP contribution in [0.2, 0.25) is 0 Å². The van der Waals surface area contributed by atoms with Gasteiger partial charge in [-0.15, -0.1) is 0 Å². The van der Waals surface area contributed by atoms with E-state index in [-0.39, 0.29) is 19.4 Å². The van der Waals surface area contributed by atoms with Crippen LogP contribution in [0.5, 0.6) is 0 Å². The Morgan fingerprint density at radius 2 is 1.08 bits per heavy atom. The van der Waals surface area contributed by atoms with E-state index in [1.807, 2.05) is 0 Å². The van der Waals surface area contributed by atoms with E-state index < -0.39 is 51.8 Å². The molecular formula is C40H73O10P. The minimum absolute atomic E-state index is 0.166. The maximum Gasteiger partial charge on any atom is 0.472 e. The zero-order chi connectivity index (χ0) is 37.7. The minimum atomic E-state index is -4.62. The second kappa shape index (κ2) is 36.5. The summed E-state index contributed by atoms with van der Waals surface area (Å²) in [5.74, 6) is -0.943. The van der Waals surface area contributed by atoms with Crippen molar-refractivity contribution in [3.05, 3.63) is 36.5 Å². The van der Waals surface area contributed by atoms with Gasteiger partial charge in [-0.05, 0) is 44.9 Å². The maximum atomic E-state index is 12.6. The topological polar surface area (TPSA) is 149 Å². The van der Waals surface area contributed by atoms with Crippen molar-refractivity contribution in [3.8, 4) is 0 Å². The van der Waals surface area contributed by atoms with Crippen molar-refractivity contribution in [2.24, 2.45) is 0 Å². The molecule has 0 radical (unpaired) electrons. The minimum Gasteiger partial charge on any atom is -0.462 e. The molecule has 0 aliphatic heterocycles. The van der Waals surface area contributed by atoms with Crippen LogP contribution in [-0.4, -0.2) is 65.7 Å². The number of hydrogen-bond acceptors (Lipinski definition) is 9. The van der Waals surface area contributed by atoms with Gasteiger partial charge < -0.3 is 24.6 Å². The van der Waals surface area contributed by atoms with Crippen molar-refractivity contribution >= 4 is 19.8 Å². The quantitative estimate of drug-likeness (QED) is 0.0243. The Bertz CT molecular complexity index is 952. The highest BCUT2D eigenvalue weighted by Crippen LogP contribution is 2.43. The first-order valence-corrected chi connectivity index (χ1v) is 21.4. The van der Waals surface area contributed by atoms with Crippen LogP contribution in [-0.2, 0) is 32.7 Å². The number of phosphoric acid groups is 1. The summed E-state index contributed by atoms with van der Waals surface area (Å²) in [5.41, 5.74) is 0. The summed E-state index contributed by atoms with van der Waals surface area (Å²) in [6.07, 6.45) is 35.4. The van der Waals surface area contributed by atoms with Gasteiger partial charge in [0.05, 0.1) is 19.8 Å². The first-order chi connectivity index (χ1) is 24.7. The molecule has 0 aliphatic carbocycles. The summed E-state index contributed by atoms with van der Waals surface area (Å²) < 4.78 is 32.6. The lowest BCUT2D eigenvalue weighted by Crippen LogP contribution is -2.29. The average molecular weight is 745 g/mol. The molecule has 0 fully saturated rings. The van der Waals surface area contributed by atoms with Gasteiger partial charge in [-0.1, -0.05) is 147 Å². The Morgan fingerprint density at radius 1 is 0.608 bits per heavy atom. The predicted octanol–water partition coefficient (Wildman–Crippen LogP) is 10.00. The molecule has 51 heavy (non-hydrogen) atoms. The van der Waals surface area contributed by atoms with E-state index in [9.17, 15) is 24.2 Å². The average Bonchev–Trinajstić information content (AvgIpc) is 3.12. The Morgan fingerprint density at radius 3 is 1.63 bits per heavy atom. The van der Waals surface area contributed by atoms with Gasteiger partial charge in [0.25, 0.3) is 0 Å². The number of carbonyl (C=O) groups excluding carboxylic acids is 2. The van der Waals surface area contributed by atoms with Crippen LogP contribution >= 0.6 is 7.82 Å². The Labute approximate surface area is 310 Å². The van der Waals surface area contributed by atoms with Crippen molar-refractivity contribution in [1.82, 2.24) is 0 Å². The molecule has 1 unspecified atom stereocenters. The summed E-state index contributed by atoms with van der Waals surface area (Å²) in [7, 11) is -4.62. The zero-order valence-corrected chi connectivity index (χ0v) is 33.0. The van der Waals surface area contributed by atoms with Crippen molar-refractivity contribution in [3.63, 3.8) is 0 Å². The van der Waals surface area contributed by atoms with Crippen LogP contribution in [0.25, 0.3) is 0 Å². The number of hydrogen-bond donors (Lipinski definition) is 3. The molecule has 0 spiro atoms. The highest BCUT2D eigenvalue weighted by Gasteiger charge is 2.27. The van der Waals surface area contributed by atoms with E-state index in [1.54, 1.807) is 0 Å². The number of aliphatic hydroxyl groups excluding tert-OH is 2. The number of rotatable bonds is 37. The molecule has 0 amide bonds. The van der Waals surface area contributed by atoms with E-state index in [0.717, 1.165) is 70.6 Å². The molecule has 0 saturated carbocycles. The first kappa shape index (κ1) is 49.2. The van der Waals surface area contributed by atoms with E-state index in [4.69, 9.17) is 19.1 Å². The van der Waals surface area contributed by atoms with Crippen LogP contribution in [0.3, 0.4) is 0 Å². The molecule has 3 N–H and O–H groups in total. The number of carbonyl (C=O) groups is 2. The van der Waals surface area contributed by atoms with E-state index >= 15 is 0 Å². The monoisotopic (exact) mass is 744 g/mol. The lowest BCUT2D eigenvalue weighted by molar-refractivity contribution is -0.161. The van der Waals surface area contributed by atoms with Crippen LogP contribution in [0.4, 0.5) is 0 Å². The number of aliphatic hydroxyl groups is 2. The SMILES string of the molecule is CCC=CCC=CCC=CCCCCCCCC(=O)O[C@H](COC(=O)CCCCCCCCCCCCCCC)COP(=O)(O)OC[C@@H](O)CO. The summed E-state index contributed by atoms with van der Waals surface area (Å²) in [5, 5.41) is 18.3. The smallest absolute Gasteiger partial charge is 0.462 e.